The molecule has 0 amide bonds. The van der Waals surface area contributed by atoms with Gasteiger partial charge in [0.1, 0.15) is 5.82 Å². The number of hydrogen-bond acceptors (Lipinski definition) is 5. The van der Waals surface area contributed by atoms with Gasteiger partial charge in [-0.3, -0.25) is 0 Å². The number of hydrogen-bond donors (Lipinski definition) is 2. The lowest BCUT2D eigenvalue weighted by Crippen LogP contribution is -2.00. The SMILES string of the molecule is COC(=O)c1c[nH]c(-c2ccnc(O)c2)n1. The predicted molar refractivity (Wildman–Crippen MR) is 54.8 cm³/mol. The number of carbonyl (C=O) groups is 1. The smallest absolute Gasteiger partial charge is 0.358 e. The van der Waals surface area contributed by atoms with E-state index < -0.39 is 5.97 Å². The molecule has 2 aromatic heterocycles. The minimum absolute atomic E-state index is 0.103. The molecule has 0 unspecified atom stereocenters. The van der Waals surface area contributed by atoms with Crippen molar-refractivity contribution in [3.63, 3.8) is 0 Å². The van der Waals surface area contributed by atoms with Gasteiger partial charge in [0, 0.05) is 24.0 Å². The number of carbonyl (C=O) groups excluding carboxylic acids is 1. The molecule has 82 valence electrons. The minimum atomic E-state index is -0.513. The molecule has 0 aliphatic rings. The lowest BCUT2D eigenvalue weighted by atomic mass is 10.2. The first-order valence-corrected chi connectivity index (χ1v) is 4.50. The van der Waals surface area contributed by atoms with Crippen LogP contribution in [0.4, 0.5) is 0 Å². The summed E-state index contributed by atoms with van der Waals surface area (Å²) in [5.41, 5.74) is 0.830. The van der Waals surface area contributed by atoms with Crippen molar-refractivity contribution in [2.45, 2.75) is 0 Å². The van der Waals surface area contributed by atoms with E-state index in [2.05, 4.69) is 19.7 Å². The van der Waals surface area contributed by atoms with Gasteiger partial charge in [-0.25, -0.2) is 14.8 Å². The molecule has 0 radical (unpaired) electrons. The molecule has 16 heavy (non-hydrogen) atoms. The number of nitrogens with zero attached hydrogens (tertiary/aromatic N) is 2. The summed E-state index contributed by atoms with van der Waals surface area (Å²) < 4.78 is 4.53. The van der Waals surface area contributed by atoms with Crippen LogP contribution in [-0.2, 0) is 4.74 Å². The van der Waals surface area contributed by atoms with Crippen LogP contribution >= 0.6 is 0 Å². The number of methoxy groups -OCH3 is 1. The molecule has 0 spiro atoms. The zero-order valence-electron chi connectivity index (χ0n) is 8.47. The van der Waals surface area contributed by atoms with Crippen LogP contribution in [0.3, 0.4) is 0 Å². The van der Waals surface area contributed by atoms with E-state index in [0.29, 0.717) is 11.4 Å². The summed E-state index contributed by atoms with van der Waals surface area (Å²) in [5, 5.41) is 9.19. The number of H-pyrrole nitrogens is 1. The van der Waals surface area contributed by atoms with Gasteiger partial charge in [-0.05, 0) is 6.07 Å². The number of nitrogens with one attached hydrogen (secondary N) is 1. The Hall–Kier alpha value is -2.37. The summed E-state index contributed by atoms with van der Waals surface area (Å²) in [6.07, 6.45) is 2.89. The van der Waals surface area contributed by atoms with Crippen molar-refractivity contribution in [1.82, 2.24) is 15.0 Å². The molecule has 6 nitrogen and oxygen atoms in total. The number of aromatic amines is 1. The molecule has 6 heteroatoms. The number of rotatable bonds is 2. The Bertz CT molecular complexity index is 522. The fourth-order valence-corrected chi connectivity index (χ4v) is 1.24. The van der Waals surface area contributed by atoms with Crippen molar-refractivity contribution in [1.29, 1.82) is 0 Å². The van der Waals surface area contributed by atoms with Crippen LogP contribution < -0.4 is 0 Å². The second-order valence-electron chi connectivity index (χ2n) is 3.03. The number of aromatic nitrogens is 3. The summed E-state index contributed by atoms with van der Waals surface area (Å²) in [6, 6.07) is 3.11. The van der Waals surface area contributed by atoms with E-state index in [4.69, 9.17) is 0 Å². The van der Waals surface area contributed by atoms with Gasteiger partial charge in [0.2, 0.25) is 5.88 Å². The topological polar surface area (TPSA) is 88.1 Å². The second kappa shape index (κ2) is 4.01. The molecule has 0 aliphatic heterocycles. The second-order valence-corrected chi connectivity index (χ2v) is 3.03. The van der Waals surface area contributed by atoms with Crippen molar-refractivity contribution >= 4 is 5.97 Å². The van der Waals surface area contributed by atoms with Crippen molar-refractivity contribution in [3.8, 4) is 17.3 Å². The molecular formula is C10H9N3O3. The highest BCUT2D eigenvalue weighted by molar-refractivity contribution is 5.87. The van der Waals surface area contributed by atoms with Gasteiger partial charge in [-0.1, -0.05) is 0 Å². The zero-order chi connectivity index (χ0) is 11.5. The van der Waals surface area contributed by atoms with Gasteiger partial charge in [0.25, 0.3) is 0 Å². The van der Waals surface area contributed by atoms with E-state index in [1.54, 1.807) is 6.07 Å². The third kappa shape index (κ3) is 1.85. The fraction of sp³-hybridized carbons (Fsp3) is 0.100. The highest BCUT2D eigenvalue weighted by Crippen LogP contribution is 2.18. The molecule has 0 saturated heterocycles. The Balaban J connectivity index is 2.35. The lowest BCUT2D eigenvalue weighted by molar-refractivity contribution is 0.0595. The standard InChI is InChI=1S/C10H9N3O3/c1-16-10(15)7-5-12-9(13-7)6-2-3-11-8(14)4-6/h2-5H,1H3,(H,11,14)(H,12,13). The molecule has 0 saturated carbocycles. The van der Waals surface area contributed by atoms with Crippen molar-refractivity contribution in [3.05, 3.63) is 30.2 Å². The van der Waals surface area contributed by atoms with Crippen LogP contribution in [0, 0.1) is 0 Å². The Labute approximate surface area is 90.9 Å². The van der Waals surface area contributed by atoms with Crippen LogP contribution in [0.1, 0.15) is 10.5 Å². The van der Waals surface area contributed by atoms with E-state index in [9.17, 15) is 9.90 Å². The number of pyridine rings is 1. The molecule has 0 aromatic carbocycles. The first kappa shape index (κ1) is 10.2. The van der Waals surface area contributed by atoms with Crippen LogP contribution in [0.25, 0.3) is 11.4 Å². The van der Waals surface area contributed by atoms with E-state index in [0.717, 1.165) is 0 Å². The molecule has 2 heterocycles. The summed E-state index contributed by atoms with van der Waals surface area (Å²) >= 11 is 0. The maximum Gasteiger partial charge on any atom is 0.358 e. The first-order valence-electron chi connectivity index (χ1n) is 4.50. The molecule has 2 N–H and O–H groups in total. The maximum absolute atomic E-state index is 11.2. The number of aromatic hydroxyl groups is 1. The zero-order valence-corrected chi connectivity index (χ0v) is 8.47. The molecule has 0 atom stereocenters. The van der Waals surface area contributed by atoms with Gasteiger partial charge >= 0.3 is 5.97 Å². The molecule has 0 fully saturated rings. The number of esters is 1. The van der Waals surface area contributed by atoms with Gasteiger partial charge in [0.05, 0.1) is 7.11 Å². The molecule has 0 aliphatic carbocycles. The van der Waals surface area contributed by atoms with Crippen molar-refractivity contribution in [2.75, 3.05) is 7.11 Å². The third-order valence-corrected chi connectivity index (χ3v) is 1.99. The van der Waals surface area contributed by atoms with Crippen molar-refractivity contribution in [2.24, 2.45) is 0 Å². The summed E-state index contributed by atoms with van der Waals surface area (Å²) in [4.78, 5) is 21.6. The number of ether oxygens (including phenoxy) is 1. The molecule has 2 aromatic rings. The fourth-order valence-electron chi connectivity index (χ4n) is 1.24. The molecular weight excluding hydrogens is 210 g/mol. The van der Waals surface area contributed by atoms with Gasteiger partial charge in [0.15, 0.2) is 5.69 Å². The Morgan fingerprint density at radius 3 is 3.06 bits per heavy atom. The van der Waals surface area contributed by atoms with E-state index in [-0.39, 0.29) is 11.6 Å². The molecule has 2 rings (SSSR count). The highest BCUT2D eigenvalue weighted by atomic mass is 16.5. The van der Waals surface area contributed by atoms with Gasteiger partial charge in [-0.15, -0.1) is 0 Å². The maximum atomic E-state index is 11.2. The van der Waals surface area contributed by atoms with Crippen LogP contribution in [0.5, 0.6) is 5.88 Å². The summed E-state index contributed by atoms with van der Waals surface area (Å²) in [7, 11) is 1.29. The quantitative estimate of drug-likeness (QED) is 0.734. The Kier molecular flexibility index (Phi) is 2.55. The lowest BCUT2D eigenvalue weighted by Gasteiger charge is -1.96. The van der Waals surface area contributed by atoms with E-state index >= 15 is 0 Å². The summed E-state index contributed by atoms with van der Waals surface area (Å²) in [5.74, 6) is -0.146. The number of imidazole rings is 1. The minimum Gasteiger partial charge on any atom is -0.493 e. The van der Waals surface area contributed by atoms with E-state index in [1.807, 2.05) is 0 Å². The Morgan fingerprint density at radius 2 is 2.38 bits per heavy atom. The first-order chi connectivity index (χ1) is 7.70. The van der Waals surface area contributed by atoms with Gasteiger partial charge < -0.3 is 14.8 Å². The van der Waals surface area contributed by atoms with Crippen molar-refractivity contribution < 1.29 is 14.6 Å². The van der Waals surface area contributed by atoms with Crippen LogP contribution in [0.2, 0.25) is 0 Å². The monoisotopic (exact) mass is 219 g/mol. The average molecular weight is 219 g/mol. The molecule has 0 bridgehead atoms. The normalized spacial score (nSPS) is 10.1. The largest absolute Gasteiger partial charge is 0.493 e. The third-order valence-electron chi connectivity index (χ3n) is 1.99. The van der Waals surface area contributed by atoms with E-state index in [1.165, 1.54) is 25.6 Å². The predicted octanol–water partition coefficient (Wildman–Crippen LogP) is 0.964. The van der Waals surface area contributed by atoms with Gasteiger partial charge in [-0.2, -0.15) is 0 Å². The summed E-state index contributed by atoms with van der Waals surface area (Å²) in [6.45, 7) is 0. The van der Waals surface area contributed by atoms with Crippen LogP contribution in [-0.4, -0.2) is 33.1 Å². The highest BCUT2D eigenvalue weighted by Gasteiger charge is 2.11. The Morgan fingerprint density at radius 1 is 1.56 bits per heavy atom. The average Bonchev–Trinajstić information content (AvgIpc) is 2.77. The van der Waals surface area contributed by atoms with Crippen LogP contribution in [0.15, 0.2) is 24.5 Å².